The van der Waals surface area contributed by atoms with Crippen LogP contribution in [0.3, 0.4) is 0 Å². The van der Waals surface area contributed by atoms with Gasteiger partial charge in [0.2, 0.25) is 10.0 Å². The predicted molar refractivity (Wildman–Crippen MR) is 125 cm³/mol. The summed E-state index contributed by atoms with van der Waals surface area (Å²) in [4.78, 5) is 15.3. The van der Waals surface area contributed by atoms with Crippen molar-refractivity contribution in [2.24, 2.45) is 0 Å². The highest BCUT2D eigenvalue weighted by Gasteiger charge is 2.39. The summed E-state index contributed by atoms with van der Waals surface area (Å²) in [5.41, 5.74) is 2.74. The molecule has 7 nitrogen and oxygen atoms in total. The van der Waals surface area contributed by atoms with E-state index in [2.05, 4.69) is 17.1 Å². The molecule has 9 heteroatoms. The molecule has 1 saturated heterocycles. The lowest BCUT2D eigenvalue weighted by Gasteiger charge is -2.28. The van der Waals surface area contributed by atoms with Crippen molar-refractivity contribution in [1.82, 2.24) is 10.2 Å². The maximum absolute atomic E-state index is 13.5. The molecule has 0 bridgehead atoms. The lowest BCUT2D eigenvalue weighted by molar-refractivity contribution is 0.0964. The van der Waals surface area contributed by atoms with Gasteiger partial charge in [-0.25, -0.2) is 12.8 Å². The highest BCUT2D eigenvalue weighted by molar-refractivity contribution is 7.92. The minimum atomic E-state index is -3.53. The number of furan rings is 1. The fourth-order valence-corrected chi connectivity index (χ4v) is 6.16. The molecule has 0 aliphatic carbocycles. The maximum Gasteiger partial charge on any atom is 0.255 e. The summed E-state index contributed by atoms with van der Waals surface area (Å²) in [5.74, 6) is -0.392. The average molecular weight is 472 g/mol. The Morgan fingerprint density at radius 3 is 2.61 bits per heavy atom. The van der Waals surface area contributed by atoms with Crippen molar-refractivity contribution in [2.45, 2.75) is 31.8 Å². The van der Waals surface area contributed by atoms with Gasteiger partial charge in [0, 0.05) is 42.7 Å². The summed E-state index contributed by atoms with van der Waals surface area (Å²) in [6.45, 7) is 3.36. The zero-order chi connectivity index (χ0) is 23.5. The first-order valence-electron chi connectivity index (χ1n) is 11.0. The van der Waals surface area contributed by atoms with Gasteiger partial charge in [-0.15, -0.1) is 0 Å². The quantitative estimate of drug-likeness (QED) is 0.627. The number of carbonyl (C=O) groups is 1. The van der Waals surface area contributed by atoms with Crippen LogP contribution in [0.1, 0.15) is 41.7 Å². The van der Waals surface area contributed by atoms with Gasteiger partial charge in [-0.05, 0) is 62.2 Å². The van der Waals surface area contributed by atoms with Gasteiger partial charge in [-0.2, -0.15) is 0 Å². The normalized spacial score (nSPS) is 21.0. The van der Waals surface area contributed by atoms with E-state index in [1.54, 1.807) is 25.2 Å². The second-order valence-corrected chi connectivity index (χ2v) is 10.7. The number of rotatable bonds is 3. The molecule has 1 amide bonds. The third-order valence-corrected chi connectivity index (χ3v) is 7.96. The first-order chi connectivity index (χ1) is 15.7. The number of halogens is 1. The molecule has 3 aromatic rings. The largest absolute Gasteiger partial charge is 0.455 e. The van der Waals surface area contributed by atoms with Crippen LogP contribution >= 0.6 is 0 Å². The summed E-state index contributed by atoms with van der Waals surface area (Å²) in [6, 6.07) is 9.47. The van der Waals surface area contributed by atoms with E-state index in [4.69, 9.17) is 4.42 Å². The van der Waals surface area contributed by atoms with Crippen molar-refractivity contribution < 1.29 is 22.0 Å². The zero-order valence-corrected chi connectivity index (χ0v) is 19.6. The molecule has 1 fully saturated rings. The molecule has 2 aromatic carbocycles. The van der Waals surface area contributed by atoms with Gasteiger partial charge in [-0.3, -0.25) is 14.0 Å². The van der Waals surface area contributed by atoms with Crippen LogP contribution < -0.4 is 9.62 Å². The number of hydrogen-bond acceptors (Lipinski definition) is 5. The standard InChI is InChI=1S/C24H26FN3O4S/c1-14-18-11-19-21(12-20(18)28(33(3,30)31)13-17-5-4-10-27(14)17)32-23(22(19)24(29)26-2)15-6-8-16(25)9-7-15/h6-9,11-12,14,17H,4-5,10,13H2,1-3H3,(H,26,29)/t14?,17-/m1/s1. The summed E-state index contributed by atoms with van der Waals surface area (Å²) < 4.78 is 46.7. The molecular formula is C24H26FN3O4S. The molecule has 174 valence electrons. The summed E-state index contributed by atoms with van der Waals surface area (Å²) in [5, 5.41) is 3.27. The number of benzene rings is 2. The summed E-state index contributed by atoms with van der Waals surface area (Å²) in [6.07, 6.45) is 3.19. The number of anilines is 1. The van der Waals surface area contributed by atoms with Gasteiger partial charge in [0.15, 0.2) is 0 Å². The molecule has 0 radical (unpaired) electrons. The van der Waals surface area contributed by atoms with E-state index in [1.807, 2.05) is 6.07 Å². The minimum absolute atomic E-state index is 0.0228. The number of sulfonamides is 1. The van der Waals surface area contributed by atoms with Gasteiger partial charge in [0.25, 0.3) is 5.91 Å². The van der Waals surface area contributed by atoms with E-state index in [9.17, 15) is 17.6 Å². The van der Waals surface area contributed by atoms with E-state index in [0.29, 0.717) is 40.1 Å². The molecule has 1 aromatic heterocycles. The Morgan fingerprint density at radius 2 is 1.94 bits per heavy atom. The van der Waals surface area contributed by atoms with Gasteiger partial charge in [0.05, 0.1) is 17.5 Å². The molecule has 0 saturated carbocycles. The van der Waals surface area contributed by atoms with Crippen LogP contribution in [0.15, 0.2) is 40.8 Å². The predicted octanol–water partition coefficient (Wildman–Crippen LogP) is 3.90. The molecule has 1 N–H and O–H groups in total. The SMILES string of the molecule is CNC(=O)c1c(-c2ccc(F)cc2)oc2cc3c(cc12)C(C)N1CCC[C@@H]1CN3S(C)(=O)=O. The first kappa shape index (κ1) is 21.9. The number of fused-ring (bicyclic) bond motifs is 3. The Balaban J connectivity index is 1.79. The number of amides is 1. The number of nitrogens with one attached hydrogen (secondary N) is 1. The van der Waals surface area contributed by atoms with Crippen molar-refractivity contribution in [1.29, 1.82) is 0 Å². The van der Waals surface area contributed by atoms with Crippen molar-refractivity contribution >= 4 is 32.6 Å². The molecule has 3 heterocycles. The van der Waals surface area contributed by atoms with Crippen LogP contribution in [0.4, 0.5) is 10.1 Å². The van der Waals surface area contributed by atoms with Crippen LogP contribution in [0, 0.1) is 5.82 Å². The number of carbonyl (C=O) groups excluding carboxylic acids is 1. The van der Waals surface area contributed by atoms with Gasteiger partial charge in [-0.1, -0.05) is 0 Å². The Kier molecular flexibility index (Phi) is 5.21. The Hall–Kier alpha value is -2.91. The fraction of sp³-hybridized carbons (Fsp3) is 0.375. The lowest BCUT2D eigenvalue weighted by atomic mass is 9.99. The van der Waals surface area contributed by atoms with Crippen molar-refractivity contribution in [3.8, 4) is 11.3 Å². The Bertz CT molecular complexity index is 1350. The van der Waals surface area contributed by atoms with Crippen LogP contribution in [0.25, 0.3) is 22.3 Å². The smallest absolute Gasteiger partial charge is 0.255 e. The van der Waals surface area contributed by atoms with Crippen molar-refractivity contribution in [2.75, 3.05) is 30.7 Å². The second-order valence-electron chi connectivity index (χ2n) is 8.80. The van der Waals surface area contributed by atoms with Crippen LogP contribution in [-0.4, -0.2) is 51.7 Å². The van der Waals surface area contributed by atoms with Gasteiger partial charge in [0.1, 0.15) is 17.2 Å². The molecule has 2 aliphatic rings. The minimum Gasteiger partial charge on any atom is -0.455 e. The van der Waals surface area contributed by atoms with Crippen LogP contribution in [0.5, 0.6) is 0 Å². The number of nitrogens with zero attached hydrogens (tertiary/aromatic N) is 2. The highest BCUT2D eigenvalue weighted by Crippen LogP contribution is 2.44. The van der Waals surface area contributed by atoms with Gasteiger partial charge >= 0.3 is 0 Å². The summed E-state index contributed by atoms with van der Waals surface area (Å²) >= 11 is 0. The molecule has 33 heavy (non-hydrogen) atoms. The van der Waals surface area contributed by atoms with E-state index < -0.39 is 10.0 Å². The summed E-state index contributed by atoms with van der Waals surface area (Å²) in [7, 11) is -1.99. The van der Waals surface area contributed by atoms with E-state index in [1.165, 1.54) is 22.7 Å². The zero-order valence-electron chi connectivity index (χ0n) is 18.8. The molecular weight excluding hydrogens is 445 g/mol. The molecule has 1 unspecified atom stereocenters. The number of hydrogen-bond donors (Lipinski definition) is 1. The molecule has 5 rings (SSSR count). The third kappa shape index (κ3) is 3.59. The van der Waals surface area contributed by atoms with Gasteiger partial charge < -0.3 is 9.73 Å². The third-order valence-electron chi connectivity index (χ3n) is 6.81. The fourth-order valence-electron chi connectivity index (χ4n) is 5.20. The maximum atomic E-state index is 13.5. The Labute approximate surface area is 192 Å². The van der Waals surface area contributed by atoms with Crippen molar-refractivity contribution in [3.05, 3.63) is 53.3 Å². The van der Waals surface area contributed by atoms with Crippen molar-refractivity contribution in [3.63, 3.8) is 0 Å². The first-order valence-corrected chi connectivity index (χ1v) is 12.9. The highest BCUT2D eigenvalue weighted by atomic mass is 32.2. The van der Waals surface area contributed by atoms with E-state index in [-0.39, 0.29) is 23.8 Å². The average Bonchev–Trinajstić information content (AvgIpc) is 3.37. The Morgan fingerprint density at radius 1 is 1.21 bits per heavy atom. The van der Waals surface area contributed by atoms with E-state index in [0.717, 1.165) is 24.9 Å². The second kappa shape index (κ2) is 7.85. The lowest BCUT2D eigenvalue weighted by Crippen LogP contribution is -2.40. The van der Waals surface area contributed by atoms with Crippen LogP contribution in [0.2, 0.25) is 0 Å². The van der Waals surface area contributed by atoms with E-state index >= 15 is 0 Å². The molecule has 2 atom stereocenters. The monoisotopic (exact) mass is 471 g/mol. The molecule has 0 spiro atoms. The molecule has 2 aliphatic heterocycles. The van der Waals surface area contributed by atoms with Crippen LogP contribution in [-0.2, 0) is 10.0 Å². The topological polar surface area (TPSA) is 82.9 Å².